The Balaban J connectivity index is 2.17. The standard InChI is InChI=1S/C17H21NO4/c1-13-7-8-16(22-13)12-18(9-10-20-2)17(19)14-5-4-6-15(11-14)21-3/h4-8,11H,9-10,12H2,1-3H3. The van der Waals surface area contributed by atoms with Gasteiger partial charge in [-0.25, -0.2) is 0 Å². The summed E-state index contributed by atoms with van der Waals surface area (Å²) in [6.07, 6.45) is 0. The van der Waals surface area contributed by atoms with E-state index in [0.29, 0.717) is 31.0 Å². The summed E-state index contributed by atoms with van der Waals surface area (Å²) < 4.78 is 15.8. The second kappa shape index (κ2) is 7.66. The minimum absolute atomic E-state index is 0.0787. The molecule has 0 unspecified atom stereocenters. The lowest BCUT2D eigenvalue weighted by Crippen LogP contribution is -2.33. The number of carbonyl (C=O) groups excluding carboxylic acids is 1. The van der Waals surface area contributed by atoms with E-state index in [1.165, 1.54) is 0 Å². The van der Waals surface area contributed by atoms with E-state index in [4.69, 9.17) is 13.9 Å². The van der Waals surface area contributed by atoms with E-state index in [2.05, 4.69) is 0 Å². The monoisotopic (exact) mass is 303 g/mol. The molecule has 5 nitrogen and oxygen atoms in total. The predicted molar refractivity (Wildman–Crippen MR) is 83.1 cm³/mol. The highest BCUT2D eigenvalue weighted by Crippen LogP contribution is 2.16. The summed E-state index contributed by atoms with van der Waals surface area (Å²) in [5.74, 6) is 2.16. The molecule has 22 heavy (non-hydrogen) atoms. The van der Waals surface area contributed by atoms with Crippen molar-refractivity contribution in [1.29, 1.82) is 0 Å². The van der Waals surface area contributed by atoms with Crippen molar-refractivity contribution in [2.45, 2.75) is 13.5 Å². The molecule has 0 atom stereocenters. The molecule has 118 valence electrons. The van der Waals surface area contributed by atoms with Crippen LogP contribution in [0.1, 0.15) is 21.9 Å². The molecule has 1 aromatic heterocycles. The summed E-state index contributed by atoms with van der Waals surface area (Å²) in [4.78, 5) is 14.4. The zero-order valence-corrected chi connectivity index (χ0v) is 13.2. The molecule has 2 rings (SSSR count). The molecule has 0 bridgehead atoms. The highest BCUT2D eigenvalue weighted by Gasteiger charge is 2.18. The van der Waals surface area contributed by atoms with Crippen molar-refractivity contribution in [1.82, 2.24) is 4.90 Å². The zero-order chi connectivity index (χ0) is 15.9. The average Bonchev–Trinajstić information content (AvgIpc) is 2.96. The summed E-state index contributed by atoms with van der Waals surface area (Å²) in [6, 6.07) is 10.9. The molecule has 2 aromatic rings. The quantitative estimate of drug-likeness (QED) is 0.789. The van der Waals surface area contributed by atoms with Gasteiger partial charge in [0.05, 0.1) is 20.3 Å². The van der Waals surface area contributed by atoms with Gasteiger partial charge in [-0.1, -0.05) is 6.07 Å². The van der Waals surface area contributed by atoms with E-state index in [-0.39, 0.29) is 5.91 Å². The third-order valence-corrected chi connectivity index (χ3v) is 3.31. The van der Waals surface area contributed by atoms with Crippen LogP contribution in [0.5, 0.6) is 5.75 Å². The highest BCUT2D eigenvalue weighted by atomic mass is 16.5. The fraction of sp³-hybridized carbons (Fsp3) is 0.353. The highest BCUT2D eigenvalue weighted by molar-refractivity contribution is 5.94. The van der Waals surface area contributed by atoms with E-state index in [1.807, 2.05) is 25.1 Å². The first kappa shape index (κ1) is 16.1. The number of amides is 1. The van der Waals surface area contributed by atoms with Gasteiger partial charge in [0.1, 0.15) is 17.3 Å². The third kappa shape index (κ3) is 4.11. The molecule has 0 spiro atoms. The molecular weight excluding hydrogens is 282 g/mol. The number of rotatable bonds is 7. The minimum atomic E-state index is -0.0787. The minimum Gasteiger partial charge on any atom is -0.497 e. The van der Waals surface area contributed by atoms with E-state index in [1.54, 1.807) is 37.3 Å². The number of hydrogen-bond donors (Lipinski definition) is 0. The van der Waals surface area contributed by atoms with Gasteiger partial charge in [0, 0.05) is 19.2 Å². The van der Waals surface area contributed by atoms with Gasteiger partial charge in [-0.05, 0) is 37.3 Å². The van der Waals surface area contributed by atoms with Gasteiger partial charge in [-0.15, -0.1) is 0 Å². The number of nitrogens with zero attached hydrogens (tertiary/aromatic N) is 1. The fourth-order valence-electron chi connectivity index (χ4n) is 2.15. The first-order valence-corrected chi connectivity index (χ1v) is 7.11. The summed E-state index contributed by atoms with van der Waals surface area (Å²) in [6.45, 7) is 3.25. The normalized spacial score (nSPS) is 10.5. The number of ether oxygens (including phenoxy) is 2. The molecule has 0 fully saturated rings. The van der Waals surface area contributed by atoms with Crippen LogP contribution in [0, 0.1) is 6.92 Å². The van der Waals surface area contributed by atoms with Crippen LogP contribution in [-0.4, -0.2) is 38.2 Å². The van der Waals surface area contributed by atoms with Gasteiger partial charge in [0.25, 0.3) is 5.91 Å². The second-order valence-corrected chi connectivity index (χ2v) is 4.96. The van der Waals surface area contributed by atoms with Crippen molar-refractivity contribution in [2.24, 2.45) is 0 Å². The number of benzene rings is 1. The molecule has 0 N–H and O–H groups in total. The molecule has 1 amide bonds. The van der Waals surface area contributed by atoms with E-state index in [0.717, 1.165) is 11.5 Å². The zero-order valence-electron chi connectivity index (χ0n) is 13.2. The van der Waals surface area contributed by atoms with Crippen molar-refractivity contribution in [3.63, 3.8) is 0 Å². The Morgan fingerprint density at radius 2 is 2.05 bits per heavy atom. The predicted octanol–water partition coefficient (Wildman–Crippen LogP) is 2.89. The Labute approximate surface area is 130 Å². The van der Waals surface area contributed by atoms with Crippen LogP contribution in [0.4, 0.5) is 0 Å². The first-order chi connectivity index (χ1) is 10.6. The van der Waals surface area contributed by atoms with Crippen LogP contribution < -0.4 is 4.74 Å². The van der Waals surface area contributed by atoms with Gasteiger partial charge >= 0.3 is 0 Å². The van der Waals surface area contributed by atoms with Gasteiger partial charge in [0.15, 0.2) is 0 Å². The van der Waals surface area contributed by atoms with E-state index >= 15 is 0 Å². The SMILES string of the molecule is COCCN(Cc1ccc(C)o1)C(=O)c1cccc(OC)c1. The molecule has 0 saturated heterocycles. The summed E-state index contributed by atoms with van der Waals surface area (Å²) in [5, 5.41) is 0. The van der Waals surface area contributed by atoms with Crippen molar-refractivity contribution in [3.05, 3.63) is 53.5 Å². The smallest absolute Gasteiger partial charge is 0.254 e. The molecule has 0 aliphatic rings. The van der Waals surface area contributed by atoms with Crippen LogP contribution in [0.15, 0.2) is 40.8 Å². The van der Waals surface area contributed by atoms with Gasteiger partial charge in [-0.3, -0.25) is 4.79 Å². The number of hydrogen-bond acceptors (Lipinski definition) is 4. The van der Waals surface area contributed by atoms with Crippen molar-refractivity contribution < 1.29 is 18.7 Å². The van der Waals surface area contributed by atoms with Gasteiger partial charge in [0.2, 0.25) is 0 Å². The molecule has 5 heteroatoms. The molecular formula is C17H21NO4. The summed E-state index contributed by atoms with van der Waals surface area (Å²) in [5.41, 5.74) is 0.582. The second-order valence-electron chi connectivity index (χ2n) is 4.96. The number of aryl methyl sites for hydroxylation is 1. The summed E-state index contributed by atoms with van der Waals surface area (Å²) >= 11 is 0. The number of carbonyl (C=O) groups is 1. The average molecular weight is 303 g/mol. The van der Waals surface area contributed by atoms with Crippen LogP contribution in [0.3, 0.4) is 0 Å². The molecule has 0 radical (unpaired) electrons. The number of furan rings is 1. The Morgan fingerprint density at radius 3 is 2.68 bits per heavy atom. The Hall–Kier alpha value is -2.27. The van der Waals surface area contributed by atoms with Crippen LogP contribution in [0.25, 0.3) is 0 Å². The lowest BCUT2D eigenvalue weighted by molar-refractivity contribution is 0.0665. The van der Waals surface area contributed by atoms with Crippen LogP contribution >= 0.6 is 0 Å². The van der Waals surface area contributed by atoms with Crippen molar-refractivity contribution in [2.75, 3.05) is 27.4 Å². The van der Waals surface area contributed by atoms with Crippen LogP contribution in [-0.2, 0) is 11.3 Å². The van der Waals surface area contributed by atoms with Gasteiger partial charge < -0.3 is 18.8 Å². The Bertz CT molecular complexity index is 621. The van der Waals surface area contributed by atoms with Gasteiger partial charge in [-0.2, -0.15) is 0 Å². The maximum Gasteiger partial charge on any atom is 0.254 e. The summed E-state index contributed by atoms with van der Waals surface area (Å²) in [7, 11) is 3.20. The molecule has 1 heterocycles. The van der Waals surface area contributed by atoms with Crippen molar-refractivity contribution in [3.8, 4) is 5.75 Å². The van der Waals surface area contributed by atoms with Crippen molar-refractivity contribution >= 4 is 5.91 Å². The molecule has 1 aromatic carbocycles. The lowest BCUT2D eigenvalue weighted by Gasteiger charge is -2.21. The maximum atomic E-state index is 12.7. The van der Waals surface area contributed by atoms with E-state index in [9.17, 15) is 4.79 Å². The third-order valence-electron chi connectivity index (χ3n) is 3.31. The first-order valence-electron chi connectivity index (χ1n) is 7.11. The lowest BCUT2D eigenvalue weighted by atomic mass is 10.2. The largest absolute Gasteiger partial charge is 0.497 e. The topological polar surface area (TPSA) is 51.9 Å². The van der Waals surface area contributed by atoms with E-state index < -0.39 is 0 Å². The Morgan fingerprint density at radius 1 is 1.23 bits per heavy atom. The maximum absolute atomic E-state index is 12.7. The van der Waals surface area contributed by atoms with Crippen LogP contribution in [0.2, 0.25) is 0 Å². The molecule has 0 aliphatic heterocycles. The fourth-order valence-corrected chi connectivity index (χ4v) is 2.15. The Kier molecular flexibility index (Phi) is 5.61. The number of methoxy groups -OCH3 is 2. The molecule has 0 saturated carbocycles. The molecule has 0 aliphatic carbocycles.